The molecule has 2 rings (SSSR count). The Balaban J connectivity index is 2.00. The maximum Gasteiger partial charge on any atom is 0.0642 e. The van der Waals surface area contributed by atoms with Crippen LogP contribution in [-0.4, -0.2) is 32.8 Å². The summed E-state index contributed by atoms with van der Waals surface area (Å²) < 4.78 is 5.41. The maximum atomic E-state index is 5.41. The van der Waals surface area contributed by atoms with Crippen LogP contribution in [0.3, 0.4) is 0 Å². The van der Waals surface area contributed by atoms with Gasteiger partial charge < -0.3 is 15.0 Å². The number of para-hydroxylation sites is 2. The van der Waals surface area contributed by atoms with Crippen LogP contribution in [0.15, 0.2) is 24.3 Å². The average molecular weight is 248 g/mol. The van der Waals surface area contributed by atoms with Gasteiger partial charge in [-0.25, -0.2) is 0 Å². The summed E-state index contributed by atoms with van der Waals surface area (Å²) in [4.78, 5) is 2.40. The maximum absolute atomic E-state index is 5.41. The molecule has 0 aromatic heterocycles. The molecule has 0 saturated carbocycles. The SMILES string of the molecule is CC(C)CCNc1ccccc1N1CCOCC1. The van der Waals surface area contributed by atoms with Crippen LogP contribution in [0.4, 0.5) is 11.4 Å². The summed E-state index contributed by atoms with van der Waals surface area (Å²) in [6.45, 7) is 9.20. The molecule has 1 fully saturated rings. The molecule has 0 aliphatic carbocycles. The van der Waals surface area contributed by atoms with Crippen molar-refractivity contribution in [2.24, 2.45) is 5.92 Å². The standard InChI is InChI=1S/C15H24N2O/c1-13(2)7-8-16-14-5-3-4-6-15(14)17-9-11-18-12-10-17/h3-6,13,16H,7-12H2,1-2H3. The van der Waals surface area contributed by atoms with Crippen LogP contribution >= 0.6 is 0 Å². The van der Waals surface area contributed by atoms with E-state index in [0.29, 0.717) is 0 Å². The minimum absolute atomic E-state index is 0.744. The molecule has 1 saturated heterocycles. The molecule has 18 heavy (non-hydrogen) atoms. The lowest BCUT2D eigenvalue weighted by Crippen LogP contribution is -2.36. The second-order valence-electron chi connectivity index (χ2n) is 5.23. The van der Waals surface area contributed by atoms with E-state index in [0.717, 1.165) is 38.8 Å². The van der Waals surface area contributed by atoms with Crippen LogP contribution in [0.5, 0.6) is 0 Å². The number of nitrogens with zero attached hydrogens (tertiary/aromatic N) is 1. The molecule has 3 heteroatoms. The zero-order chi connectivity index (χ0) is 12.8. The molecule has 1 aliphatic heterocycles. The van der Waals surface area contributed by atoms with Gasteiger partial charge in [-0.1, -0.05) is 26.0 Å². The predicted octanol–water partition coefficient (Wildman–Crippen LogP) is 2.98. The average Bonchev–Trinajstić information content (AvgIpc) is 2.40. The number of rotatable bonds is 5. The quantitative estimate of drug-likeness (QED) is 0.867. The molecule has 1 aromatic carbocycles. The highest BCUT2D eigenvalue weighted by Gasteiger charge is 2.13. The fraction of sp³-hybridized carbons (Fsp3) is 0.600. The molecule has 0 amide bonds. The first kappa shape index (κ1) is 13.2. The van der Waals surface area contributed by atoms with E-state index in [1.807, 2.05) is 0 Å². The first-order chi connectivity index (χ1) is 8.77. The highest BCUT2D eigenvalue weighted by molar-refractivity contribution is 5.70. The summed E-state index contributed by atoms with van der Waals surface area (Å²) in [5, 5.41) is 3.56. The van der Waals surface area contributed by atoms with Gasteiger partial charge in [-0.2, -0.15) is 0 Å². The molecular weight excluding hydrogens is 224 g/mol. The fourth-order valence-corrected chi connectivity index (χ4v) is 2.20. The third kappa shape index (κ3) is 3.64. The van der Waals surface area contributed by atoms with Crippen molar-refractivity contribution < 1.29 is 4.74 Å². The van der Waals surface area contributed by atoms with Crippen molar-refractivity contribution in [3.8, 4) is 0 Å². The second-order valence-corrected chi connectivity index (χ2v) is 5.23. The molecule has 0 radical (unpaired) electrons. The summed E-state index contributed by atoms with van der Waals surface area (Å²) in [7, 11) is 0. The van der Waals surface area contributed by atoms with E-state index in [-0.39, 0.29) is 0 Å². The van der Waals surface area contributed by atoms with Crippen molar-refractivity contribution in [2.45, 2.75) is 20.3 Å². The van der Waals surface area contributed by atoms with Gasteiger partial charge in [-0.3, -0.25) is 0 Å². The molecule has 0 spiro atoms. The first-order valence-corrected chi connectivity index (χ1v) is 6.93. The van der Waals surface area contributed by atoms with E-state index < -0.39 is 0 Å². The molecule has 1 aromatic rings. The Kier molecular flexibility index (Phi) is 4.88. The summed E-state index contributed by atoms with van der Waals surface area (Å²) in [6.07, 6.45) is 1.21. The monoisotopic (exact) mass is 248 g/mol. The van der Waals surface area contributed by atoms with Crippen LogP contribution in [0.1, 0.15) is 20.3 Å². The highest BCUT2D eigenvalue weighted by atomic mass is 16.5. The van der Waals surface area contributed by atoms with Gasteiger partial charge in [0.25, 0.3) is 0 Å². The Morgan fingerprint density at radius 2 is 1.94 bits per heavy atom. The number of hydrogen-bond acceptors (Lipinski definition) is 3. The molecule has 1 aliphatic rings. The van der Waals surface area contributed by atoms with Crippen LogP contribution in [0.25, 0.3) is 0 Å². The smallest absolute Gasteiger partial charge is 0.0642 e. The van der Waals surface area contributed by atoms with E-state index >= 15 is 0 Å². The van der Waals surface area contributed by atoms with Gasteiger partial charge in [0.1, 0.15) is 0 Å². The molecule has 0 unspecified atom stereocenters. The summed E-state index contributed by atoms with van der Waals surface area (Å²) in [5.74, 6) is 0.744. The molecule has 1 heterocycles. The number of morpholine rings is 1. The lowest BCUT2D eigenvalue weighted by atomic mass is 10.1. The lowest BCUT2D eigenvalue weighted by molar-refractivity contribution is 0.123. The van der Waals surface area contributed by atoms with Gasteiger partial charge in [-0.15, -0.1) is 0 Å². The molecule has 0 atom stereocenters. The summed E-state index contributed by atoms with van der Waals surface area (Å²) in [6, 6.07) is 8.58. The molecule has 0 bridgehead atoms. The Bertz CT molecular complexity index is 359. The minimum Gasteiger partial charge on any atom is -0.383 e. The van der Waals surface area contributed by atoms with E-state index in [1.165, 1.54) is 17.8 Å². The topological polar surface area (TPSA) is 24.5 Å². The second kappa shape index (κ2) is 6.64. The van der Waals surface area contributed by atoms with Gasteiger partial charge in [0, 0.05) is 19.6 Å². The van der Waals surface area contributed by atoms with Crippen molar-refractivity contribution in [1.29, 1.82) is 0 Å². The number of benzene rings is 1. The summed E-state index contributed by atoms with van der Waals surface area (Å²) in [5.41, 5.74) is 2.56. The third-order valence-electron chi connectivity index (χ3n) is 3.29. The Morgan fingerprint density at radius 3 is 2.67 bits per heavy atom. The van der Waals surface area contributed by atoms with E-state index in [2.05, 4.69) is 48.3 Å². The van der Waals surface area contributed by atoms with Crippen molar-refractivity contribution in [2.75, 3.05) is 43.1 Å². The number of ether oxygens (including phenoxy) is 1. The minimum atomic E-state index is 0.744. The van der Waals surface area contributed by atoms with E-state index in [9.17, 15) is 0 Å². The lowest BCUT2D eigenvalue weighted by Gasteiger charge is -2.30. The molecule has 1 N–H and O–H groups in total. The van der Waals surface area contributed by atoms with Gasteiger partial charge in [-0.05, 0) is 24.5 Å². The summed E-state index contributed by atoms with van der Waals surface area (Å²) >= 11 is 0. The van der Waals surface area contributed by atoms with Crippen molar-refractivity contribution in [3.05, 3.63) is 24.3 Å². The molecule has 3 nitrogen and oxygen atoms in total. The molecule has 100 valence electrons. The van der Waals surface area contributed by atoms with Crippen molar-refractivity contribution in [1.82, 2.24) is 0 Å². The van der Waals surface area contributed by atoms with Crippen molar-refractivity contribution >= 4 is 11.4 Å². The van der Waals surface area contributed by atoms with Gasteiger partial charge in [0.05, 0.1) is 24.6 Å². The number of hydrogen-bond donors (Lipinski definition) is 1. The van der Waals surface area contributed by atoms with E-state index in [4.69, 9.17) is 4.74 Å². The number of nitrogens with one attached hydrogen (secondary N) is 1. The highest BCUT2D eigenvalue weighted by Crippen LogP contribution is 2.26. The Hall–Kier alpha value is -1.22. The van der Waals surface area contributed by atoms with Crippen LogP contribution in [-0.2, 0) is 4.74 Å². The van der Waals surface area contributed by atoms with Gasteiger partial charge >= 0.3 is 0 Å². The Labute approximate surface area is 110 Å². The fourth-order valence-electron chi connectivity index (χ4n) is 2.20. The zero-order valence-electron chi connectivity index (χ0n) is 11.5. The third-order valence-corrected chi connectivity index (χ3v) is 3.29. The van der Waals surface area contributed by atoms with Gasteiger partial charge in [0.15, 0.2) is 0 Å². The van der Waals surface area contributed by atoms with E-state index in [1.54, 1.807) is 0 Å². The largest absolute Gasteiger partial charge is 0.383 e. The predicted molar refractivity (Wildman–Crippen MR) is 77.4 cm³/mol. The van der Waals surface area contributed by atoms with Crippen LogP contribution in [0.2, 0.25) is 0 Å². The van der Waals surface area contributed by atoms with Crippen molar-refractivity contribution in [3.63, 3.8) is 0 Å². The van der Waals surface area contributed by atoms with Crippen LogP contribution in [0, 0.1) is 5.92 Å². The Morgan fingerprint density at radius 1 is 1.22 bits per heavy atom. The molecular formula is C15H24N2O. The number of anilines is 2. The first-order valence-electron chi connectivity index (χ1n) is 6.93. The van der Waals surface area contributed by atoms with Gasteiger partial charge in [0.2, 0.25) is 0 Å². The zero-order valence-corrected chi connectivity index (χ0v) is 11.5. The normalized spacial score (nSPS) is 16.1. The van der Waals surface area contributed by atoms with Crippen LogP contribution < -0.4 is 10.2 Å².